The SMILES string of the molecule is Cc1ccc(Cn2nc(-c3nc4ccc(N5C[I-]O[I-]C5)cc4[nH]3)cc2C)cc1. The Bertz CT molecular complexity index is 1150. The van der Waals surface area contributed by atoms with Crippen LogP contribution in [0.25, 0.3) is 22.6 Å². The fourth-order valence-corrected chi connectivity index (χ4v) is 9.09. The van der Waals surface area contributed by atoms with Gasteiger partial charge in [0.05, 0.1) is 0 Å². The van der Waals surface area contributed by atoms with Crippen LogP contribution in [0.4, 0.5) is 5.69 Å². The van der Waals surface area contributed by atoms with Crippen molar-refractivity contribution in [2.45, 2.75) is 20.4 Å². The number of aromatic nitrogens is 4. The summed E-state index contributed by atoms with van der Waals surface area (Å²) >= 11 is -0.231. The van der Waals surface area contributed by atoms with Gasteiger partial charge >= 0.3 is 156 Å². The molecular weight excluding hydrogens is 592 g/mol. The summed E-state index contributed by atoms with van der Waals surface area (Å²) in [6, 6.07) is 17.2. The average molecular weight is 613 g/mol. The Morgan fingerprint density at radius 3 is 2.62 bits per heavy atom. The number of aromatic amines is 1. The molecule has 8 heteroatoms. The van der Waals surface area contributed by atoms with Gasteiger partial charge < -0.3 is 0 Å². The number of imidazole rings is 1. The van der Waals surface area contributed by atoms with Gasteiger partial charge in [0.15, 0.2) is 0 Å². The minimum Gasteiger partial charge on any atom is -0.0590 e. The second-order valence-electron chi connectivity index (χ2n) is 7.16. The smallest absolute Gasteiger partial charge is 0.0569 e. The first kappa shape index (κ1) is 19.3. The molecule has 29 heavy (non-hydrogen) atoms. The number of nitrogens with one attached hydrogen (secondary N) is 1. The van der Waals surface area contributed by atoms with Gasteiger partial charge in [-0.2, -0.15) is 0 Å². The zero-order valence-corrected chi connectivity index (χ0v) is 20.5. The van der Waals surface area contributed by atoms with E-state index in [4.69, 9.17) is 11.5 Å². The number of rotatable bonds is 4. The van der Waals surface area contributed by atoms with Gasteiger partial charge in [-0.3, -0.25) is 0 Å². The Labute approximate surface area is 191 Å². The van der Waals surface area contributed by atoms with Crippen LogP contribution in [0.5, 0.6) is 0 Å². The van der Waals surface area contributed by atoms with Gasteiger partial charge in [-0.15, -0.1) is 0 Å². The molecule has 152 valence electrons. The quantitative estimate of drug-likeness (QED) is 0.162. The van der Waals surface area contributed by atoms with Crippen molar-refractivity contribution in [2.24, 2.45) is 0 Å². The molecule has 1 aliphatic heterocycles. The molecule has 0 amide bonds. The molecule has 1 saturated heterocycles. The maximum Gasteiger partial charge on any atom is -0.0569 e. The maximum atomic E-state index is 5.68. The van der Waals surface area contributed by atoms with E-state index in [0.29, 0.717) is 0 Å². The molecule has 0 saturated carbocycles. The number of benzene rings is 2. The Hall–Kier alpha value is -1.66. The molecule has 1 fully saturated rings. The van der Waals surface area contributed by atoms with Gasteiger partial charge in [0.1, 0.15) is 0 Å². The Morgan fingerprint density at radius 1 is 1.03 bits per heavy atom. The van der Waals surface area contributed by atoms with Crippen molar-refractivity contribution in [3.8, 4) is 11.5 Å². The van der Waals surface area contributed by atoms with Crippen LogP contribution in [-0.2, 0) is 7.94 Å². The van der Waals surface area contributed by atoms with Gasteiger partial charge in [0.2, 0.25) is 0 Å². The van der Waals surface area contributed by atoms with E-state index < -0.39 is 0 Å². The van der Waals surface area contributed by atoms with E-state index in [2.05, 4.69) is 72.3 Å². The van der Waals surface area contributed by atoms with Crippen LogP contribution in [0.1, 0.15) is 16.8 Å². The molecule has 0 spiro atoms. The van der Waals surface area contributed by atoms with Crippen LogP contribution in [0.15, 0.2) is 48.5 Å². The van der Waals surface area contributed by atoms with Crippen LogP contribution < -0.4 is 48.1 Å². The third kappa shape index (κ3) is 4.15. The number of anilines is 1. The monoisotopic (exact) mass is 613 g/mol. The fourth-order valence-electron chi connectivity index (χ4n) is 3.32. The zero-order valence-electron chi connectivity index (χ0n) is 16.2. The third-order valence-corrected chi connectivity index (χ3v) is 10.8. The largest absolute Gasteiger partial charge is 0.0590 e. The van der Waals surface area contributed by atoms with Crippen LogP contribution in [0, 0.1) is 13.8 Å². The van der Waals surface area contributed by atoms with Crippen molar-refractivity contribution in [3.63, 3.8) is 0 Å². The molecule has 2 aromatic carbocycles. The summed E-state index contributed by atoms with van der Waals surface area (Å²) in [5, 5.41) is 4.81. The van der Waals surface area contributed by atoms with E-state index in [9.17, 15) is 0 Å². The van der Waals surface area contributed by atoms with E-state index in [0.717, 1.165) is 43.9 Å². The van der Waals surface area contributed by atoms with Gasteiger partial charge in [-0.1, -0.05) is 29.8 Å². The average Bonchev–Trinajstić information content (AvgIpc) is 3.33. The fraction of sp³-hybridized carbons (Fsp3) is 0.238. The molecule has 0 bridgehead atoms. The molecule has 0 unspecified atom stereocenters. The van der Waals surface area contributed by atoms with E-state index >= 15 is 0 Å². The number of hydrogen-bond acceptors (Lipinski definition) is 4. The maximum absolute atomic E-state index is 5.68. The molecule has 3 heterocycles. The molecule has 5 rings (SSSR count). The summed E-state index contributed by atoms with van der Waals surface area (Å²) < 4.78 is 9.85. The number of nitrogens with zero attached hydrogens (tertiary/aromatic N) is 4. The first-order valence-corrected chi connectivity index (χ1v) is 14.2. The summed E-state index contributed by atoms with van der Waals surface area (Å²) in [5.41, 5.74) is 7.83. The minimum absolute atomic E-state index is 0.115. The number of hydrogen-bond donors (Lipinski definition) is 1. The molecule has 1 N–H and O–H groups in total. The molecular formula is C21H21I2N5O-2. The van der Waals surface area contributed by atoms with Crippen molar-refractivity contribution in [2.75, 3.05) is 14.0 Å². The molecule has 4 aromatic rings. The first-order chi connectivity index (χ1) is 14.2. The summed E-state index contributed by atoms with van der Waals surface area (Å²) in [7, 11) is 0. The van der Waals surface area contributed by atoms with Crippen molar-refractivity contribution in [3.05, 3.63) is 65.4 Å². The topological polar surface area (TPSA) is 59.0 Å². The van der Waals surface area contributed by atoms with Crippen molar-refractivity contribution in [1.29, 1.82) is 0 Å². The Balaban J connectivity index is 1.42. The van der Waals surface area contributed by atoms with E-state index in [-0.39, 0.29) is 43.2 Å². The summed E-state index contributed by atoms with van der Waals surface area (Å²) in [6.45, 7) is 4.96. The second kappa shape index (κ2) is 8.23. The van der Waals surface area contributed by atoms with Gasteiger partial charge in [-0.05, 0) is 6.92 Å². The third-order valence-electron chi connectivity index (χ3n) is 4.98. The van der Waals surface area contributed by atoms with Crippen molar-refractivity contribution in [1.82, 2.24) is 19.7 Å². The number of fused-ring (bicyclic) bond motifs is 1. The molecule has 0 atom stereocenters. The first-order valence-electron chi connectivity index (χ1n) is 9.35. The van der Waals surface area contributed by atoms with Crippen LogP contribution >= 0.6 is 0 Å². The number of H-pyrrole nitrogens is 1. The van der Waals surface area contributed by atoms with E-state index in [1.807, 2.05) is 4.68 Å². The number of alkyl halides is 2. The molecule has 0 aliphatic carbocycles. The molecule has 2 aromatic heterocycles. The predicted molar refractivity (Wildman–Crippen MR) is 106 cm³/mol. The Morgan fingerprint density at radius 2 is 1.83 bits per heavy atom. The standard InChI is InChI=1S/C21H21I2N5O/c1-14-3-5-16(6-4-14)11-28-15(2)9-20(26-28)21-24-18-8-7-17(10-19(18)25-21)27-12-22-29-23-13-27/h3-10H,11-13H2,1-2H3,(H,24,25)/q-2. The Kier molecular flexibility index (Phi) is 5.48. The normalized spacial score (nSPS) is 15.2. The number of halogens is 2. The molecule has 1 aliphatic rings. The van der Waals surface area contributed by atoms with Crippen LogP contribution in [0.3, 0.4) is 0 Å². The van der Waals surface area contributed by atoms with Gasteiger partial charge in [0, 0.05) is 0 Å². The summed E-state index contributed by atoms with van der Waals surface area (Å²) in [6.07, 6.45) is 0. The van der Waals surface area contributed by atoms with Crippen molar-refractivity contribution < 1.29 is 44.6 Å². The number of aryl methyl sites for hydroxylation is 2. The zero-order chi connectivity index (χ0) is 19.8. The van der Waals surface area contributed by atoms with Gasteiger partial charge in [0.25, 0.3) is 0 Å². The summed E-state index contributed by atoms with van der Waals surface area (Å²) in [4.78, 5) is 10.7. The van der Waals surface area contributed by atoms with E-state index in [1.54, 1.807) is 0 Å². The van der Waals surface area contributed by atoms with Gasteiger partial charge in [-0.25, -0.2) is 0 Å². The minimum atomic E-state index is -0.115. The van der Waals surface area contributed by atoms with Crippen LogP contribution in [-0.4, -0.2) is 28.9 Å². The molecule has 6 nitrogen and oxygen atoms in total. The second-order valence-corrected chi connectivity index (χ2v) is 12.3. The van der Waals surface area contributed by atoms with Crippen molar-refractivity contribution >= 4 is 16.7 Å². The van der Waals surface area contributed by atoms with E-state index in [1.165, 1.54) is 16.8 Å². The summed E-state index contributed by atoms with van der Waals surface area (Å²) in [5.74, 6) is 0.824. The predicted octanol–water partition coefficient (Wildman–Crippen LogP) is -2.15. The molecule has 0 radical (unpaired) electrons. The van der Waals surface area contributed by atoms with Crippen LogP contribution in [0.2, 0.25) is 0 Å².